The monoisotopic (exact) mass is 434 g/mol. The second kappa shape index (κ2) is 10.6. The molecule has 1 heterocycles. The van der Waals surface area contributed by atoms with Crippen molar-refractivity contribution in [2.75, 3.05) is 20.3 Å². The minimum absolute atomic E-state index is 0.0460. The van der Waals surface area contributed by atoms with Crippen LogP contribution >= 0.6 is 11.6 Å². The molecule has 0 radical (unpaired) electrons. The number of aryl methyl sites for hydroxylation is 1. The molecular formula is C21H23ClN2O6. The van der Waals surface area contributed by atoms with E-state index in [0.29, 0.717) is 33.8 Å². The summed E-state index contributed by atoms with van der Waals surface area (Å²) < 4.78 is 9.70. The number of carbonyl (C=O) groups excluding carboxylic acids is 4. The van der Waals surface area contributed by atoms with E-state index in [9.17, 15) is 19.2 Å². The number of Topliss-reactive ketones (excluding diaryl/α,β-unsaturated/α-hetero) is 1. The zero-order valence-corrected chi connectivity index (χ0v) is 17.7. The molecular weight excluding hydrogens is 412 g/mol. The second-order valence-electron chi connectivity index (χ2n) is 6.57. The molecule has 2 rings (SSSR count). The lowest BCUT2D eigenvalue weighted by Crippen LogP contribution is -2.25. The molecule has 2 N–H and O–H groups in total. The number of hydrogen-bond donors (Lipinski definition) is 2. The smallest absolute Gasteiger partial charge is 0.339 e. The molecule has 0 aliphatic rings. The van der Waals surface area contributed by atoms with Gasteiger partial charge in [-0.1, -0.05) is 11.6 Å². The summed E-state index contributed by atoms with van der Waals surface area (Å²) in [6.07, 6.45) is 0.407. The predicted molar refractivity (Wildman–Crippen MR) is 110 cm³/mol. The predicted octanol–water partition coefficient (Wildman–Crippen LogP) is 3.01. The fourth-order valence-electron chi connectivity index (χ4n) is 2.87. The molecule has 0 bridgehead atoms. The average molecular weight is 435 g/mol. The number of amides is 1. The lowest BCUT2D eigenvalue weighted by atomic mass is 10.1. The highest BCUT2D eigenvalue weighted by atomic mass is 35.5. The molecule has 0 aliphatic heterocycles. The summed E-state index contributed by atoms with van der Waals surface area (Å²) in [6.45, 7) is 3.11. The number of rotatable bonds is 9. The van der Waals surface area contributed by atoms with Gasteiger partial charge in [-0.25, -0.2) is 4.79 Å². The van der Waals surface area contributed by atoms with Crippen LogP contribution in [0.1, 0.15) is 55.3 Å². The maximum absolute atomic E-state index is 12.3. The summed E-state index contributed by atoms with van der Waals surface area (Å²) in [5.41, 5.74) is 1.92. The van der Waals surface area contributed by atoms with Crippen LogP contribution in [0, 0.1) is 13.8 Å². The highest BCUT2D eigenvalue weighted by Crippen LogP contribution is 2.19. The van der Waals surface area contributed by atoms with Gasteiger partial charge in [0.05, 0.1) is 18.4 Å². The number of aromatic nitrogens is 1. The van der Waals surface area contributed by atoms with Gasteiger partial charge in [-0.15, -0.1) is 0 Å². The van der Waals surface area contributed by atoms with E-state index >= 15 is 0 Å². The third kappa shape index (κ3) is 5.93. The van der Waals surface area contributed by atoms with Gasteiger partial charge in [-0.3, -0.25) is 14.4 Å². The molecule has 0 aliphatic carbocycles. The summed E-state index contributed by atoms with van der Waals surface area (Å²) >= 11 is 5.78. The molecule has 0 spiro atoms. The molecule has 0 saturated carbocycles. The number of carbonyl (C=O) groups is 4. The Hall–Kier alpha value is -3.13. The number of ketones is 1. The number of hydrogen-bond acceptors (Lipinski definition) is 6. The fraction of sp³-hybridized carbons (Fsp3) is 0.333. The molecule has 1 aromatic carbocycles. The van der Waals surface area contributed by atoms with E-state index in [0.717, 1.165) is 0 Å². The Bertz CT molecular complexity index is 949. The molecule has 30 heavy (non-hydrogen) atoms. The quantitative estimate of drug-likeness (QED) is 0.356. The van der Waals surface area contributed by atoms with Crippen LogP contribution in [0.3, 0.4) is 0 Å². The maximum Gasteiger partial charge on any atom is 0.339 e. The van der Waals surface area contributed by atoms with E-state index in [-0.39, 0.29) is 24.6 Å². The van der Waals surface area contributed by atoms with Gasteiger partial charge in [0.15, 0.2) is 6.61 Å². The second-order valence-corrected chi connectivity index (χ2v) is 7.00. The van der Waals surface area contributed by atoms with Crippen LogP contribution < -0.4 is 5.32 Å². The number of halogens is 1. The molecule has 0 unspecified atom stereocenters. The number of ether oxygens (including phenoxy) is 2. The molecule has 1 amide bonds. The third-order valence-electron chi connectivity index (χ3n) is 4.42. The van der Waals surface area contributed by atoms with Crippen LogP contribution in [0.25, 0.3) is 0 Å². The van der Waals surface area contributed by atoms with Crippen molar-refractivity contribution in [3.05, 3.63) is 57.4 Å². The summed E-state index contributed by atoms with van der Waals surface area (Å²) in [5, 5.41) is 3.23. The van der Waals surface area contributed by atoms with Gasteiger partial charge in [-0.05, 0) is 50.1 Å². The first-order valence-electron chi connectivity index (χ1n) is 9.24. The normalized spacial score (nSPS) is 10.4. The van der Waals surface area contributed by atoms with Crippen LogP contribution in [-0.2, 0) is 14.3 Å². The highest BCUT2D eigenvalue weighted by Gasteiger charge is 2.23. The number of aromatic amines is 1. The Morgan fingerprint density at radius 3 is 2.40 bits per heavy atom. The number of methoxy groups -OCH3 is 1. The van der Waals surface area contributed by atoms with Crippen LogP contribution in [0.5, 0.6) is 0 Å². The van der Waals surface area contributed by atoms with Gasteiger partial charge < -0.3 is 19.8 Å². The number of benzene rings is 1. The number of esters is 2. The molecule has 8 nitrogen and oxygen atoms in total. The molecule has 0 atom stereocenters. The lowest BCUT2D eigenvalue weighted by Gasteiger charge is -2.06. The topological polar surface area (TPSA) is 115 Å². The van der Waals surface area contributed by atoms with E-state index in [1.165, 1.54) is 7.11 Å². The maximum atomic E-state index is 12.3. The van der Waals surface area contributed by atoms with Crippen molar-refractivity contribution >= 4 is 35.2 Å². The molecule has 9 heteroatoms. The SMILES string of the molecule is COC(=O)c1c(C)[nH]c(C(=O)COC(=O)CCCNC(=O)c2ccc(Cl)cc2)c1C. The zero-order chi connectivity index (χ0) is 22.3. The van der Waals surface area contributed by atoms with Gasteiger partial charge in [0.2, 0.25) is 5.78 Å². The summed E-state index contributed by atoms with van der Waals surface area (Å²) in [6, 6.07) is 6.44. The van der Waals surface area contributed by atoms with Crippen LogP contribution in [-0.4, -0.2) is 48.9 Å². The van der Waals surface area contributed by atoms with Gasteiger partial charge in [0, 0.05) is 29.2 Å². The highest BCUT2D eigenvalue weighted by molar-refractivity contribution is 6.30. The summed E-state index contributed by atoms with van der Waals surface area (Å²) in [5.74, 6) is -1.82. The lowest BCUT2D eigenvalue weighted by molar-refractivity contribution is -0.142. The molecule has 0 saturated heterocycles. The Morgan fingerprint density at radius 1 is 1.10 bits per heavy atom. The van der Waals surface area contributed by atoms with E-state index in [2.05, 4.69) is 10.3 Å². The van der Waals surface area contributed by atoms with Crippen LogP contribution in [0.2, 0.25) is 5.02 Å². The van der Waals surface area contributed by atoms with Crippen molar-refractivity contribution in [3.8, 4) is 0 Å². The molecule has 2 aromatic rings. The first kappa shape index (κ1) is 23.2. The Labute approximate surface area is 178 Å². The third-order valence-corrected chi connectivity index (χ3v) is 4.67. The number of nitrogens with one attached hydrogen (secondary N) is 2. The minimum Gasteiger partial charge on any atom is -0.465 e. The number of H-pyrrole nitrogens is 1. The average Bonchev–Trinajstić information content (AvgIpc) is 3.03. The van der Waals surface area contributed by atoms with Crippen molar-refractivity contribution in [3.63, 3.8) is 0 Å². The van der Waals surface area contributed by atoms with Crippen LogP contribution in [0.4, 0.5) is 0 Å². The molecule has 0 fully saturated rings. The van der Waals surface area contributed by atoms with Crippen molar-refractivity contribution in [1.29, 1.82) is 0 Å². The van der Waals surface area contributed by atoms with Crippen molar-refractivity contribution < 1.29 is 28.7 Å². The largest absolute Gasteiger partial charge is 0.465 e. The summed E-state index contributed by atoms with van der Waals surface area (Å²) in [4.78, 5) is 50.7. The van der Waals surface area contributed by atoms with E-state index < -0.39 is 24.3 Å². The molecule has 1 aromatic heterocycles. The zero-order valence-electron chi connectivity index (χ0n) is 17.0. The van der Waals surface area contributed by atoms with E-state index in [4.69, 9.17) is 21.1 Å². The fourth-order valence-corrected chi connectivity index (χ4v) is 2.99. The Kier molecular flexibility index (Phi) is 8.17. The van der Waals surface area contributed by atoms with Gasteiger partial charge in [0.25, 0.3) is 5.91 Å². The Balaban J connectivity index is 1.75. The van der Waals surface area contributed by atoms with Gasteiger partial charge >= 0.3 is 11.9 Å². The van der Waals surface area contributed by atoms with E-state index in [1.807, 2.05) is 0 Å². The standard InChI is InChI=1S/C21H23ClN2O6/c1-12-18(21(28)29-3)13(2)24-19(12)16(25)11-30-17(26)5-4-10-23-20(27)14-6-8-15(22)9-7-14/h6-9,24H,4-5,10-11H2,1-3H3,(H,23,27). The van der Waals surface area contributed by atoms with Crippen molar-refractivity contribution in [2.45, 2.75) is 26.7 Å². The Morgan fingerprint density at radius 2 is 1.77 bits per heavy atom. The van der Waals surface area contributed by atoms with E-state index in [1.54, 1.807) is 38.1 Å². The van der Waals surface area contributed by atoms with Crippen molar-refractivity contribution in [2.24, 2.45) is 0 Å². The molecule has 160 valence electrons. The summed E-state index contributed by atoms with van der Waals surface area (Å²) in [7, 11) is 1.26. The van der Waals surface area contributed by atoms with Crippen LogP contribution in [0.15, 0.2) is 24.3 Å². The first-order valence-corrected chi connectivity index (χ1v) is 9.62. The minimum atomic E-state index is -0.557. The van der Waals surface area contributed by atoms with Gasteiger partial charge in [0.1, 0.15) is 0 Å². The van der Waals surface area contributed by atoms with Crippen molar-refractivity contribution in [1.82, 2.24) is 10.3 Å². The first-order chi connectivity index (χ1) is 14.2. The van der Waals surface area contributed by atoms with Gasteiger partial charge in [-0.2, -0.15) is 0 Å².